The number of nitrogens with one attached hydrogen (secondary N) is 1. The Morgan fingerprint density at radius 3 is 2.93 bits per heavy atom. The van der Waals surface area contributed by atoms with Crippen molar-refractivity contribution >= 4 is 22.4 Å². The van der Waals surface area contributed by atoms with Gasteiger partial charge in [-0.3, -0.25) is 14.8 Å². The molecule has 0 aliphatic rings. The van der Waals surface area contributed by atoms with Crippen LogP contribution in [-0.4, -0.2) is 20.7 Å². The summed E-state index contributed by atoms with van der Waals surface area (Å²) >= 11 is 1.39. The molecule has 0 aliphatic heterocycles. The predicted octanol–water partition coefficient (Wildman–Crippen LogP) is 1.44. The maximum Gasteiger partial charge on any atom is 0.260 e. The predicted molar refractivity (Wildman–Crippen MR) is 58.0 cm³/mol. The van der Waals surface area contributed by atoms with E-state index in [1.54, 1.807) is 31.0 Å². The first-order chi connectivity index (χ1) is 7.16. The smallest absolute Gasteiger partial charge is 0.260 e. The van der Waals surface area contributed by atoms with Crippen molar-refractivity contribution in [1.82, 2.24) is 14.8 Å². The fourth-order valence-corrected chi connectivity index (χ4v) is 1.80. The van der Waals surface area contributed by atoms with Crippen LogP contribution >= 0.6 is 11.3 Å². The summed E-state index contributed by atoms with van der Waals surface area (Å²) in [6.07, 6.45) is 3.34. The molecule has 0 saturated heterocycles. The highest BCUT2D eigenvalue weighted by molar-refractivity contribution is 7.13. The lowest BCUT2D eigenvalue weighted by Crippen LogP contribution is -2.11. The molecule has 1 N–H and O–H groups in total. The Balaban J connectivity index is 2.18. The number of carbonyl (C=O) groups is 1. The fraction of sp³-hybridized carbons (Fsp3) is 0.222. The molecule has 5 nitrogen and oxygen atoms in total. The van der Waals surface area contributed by atoms with E-state index in [9.17, 15) is 4.79 Å². The number of aromatic nitrogens is 3. The van der Waals surface area contributed by atoms with Crippen LogP contribution < -0.4 is 5.32 Å². The zero-order valence-corrected chi connectivity index (χ0v) is 9.21. The Hall–Kier alpha value is -1.69. The maximum absolute atomic E-state index is 11.7. The molecule has 0 fully saturated rings. The van der Waals surface area contributed by atoms with Gasteiger partial charge in [0.15, 0.2) is 5.13 Å². The van der Waals surface area contributed by atoms with Gasteiger partial charge >= 0.3 is 0 Å². The number of hydrogen-bond donors (Lipinski definition) is 1. The molecule has 2 aromatic rings. The quantitative estimate of drug-likeness (QED) is 0.836. The third kappa shape index (κ3) is 2.04. The molecule has 6 heteroatoms. The summed E-state index contributed by atoms with van der Waals surface area (Å²) in [5.74, 6) is -0.171. The van der Waals surface area contributed by atoms with Crippen LogP contribution in [0.1, 0.15) is 16.1 Å². The molecule has 1 amide bonds. The first-order valence-electron chi connectivity index (χ1n) is 4.38. The van der Waals surface area contributed by atoms with E-state index in [-0.39, 0.29) is 5.91 Å². The second-order valence-electron chi connectivity index (χ2n) is 3.09. The number of rotatable bonds is 2. The van der Waals surface area contributed by atoms with E-state index >= 15 is 0 Å². The van der Waals surface area contributed by atoms with Crippen LogP contribution in [0.2, 0.25) is 0 Å². The Kier molecular flexibility index (Phi) is 2.51. The number of hydrogen-bond acceptors (Lipinski definition) is 4. The van der Waals surface area contributed by atoms with Crippen molar-refractivity contribution in [3.63, 3.8) is 0 Å². The Bertz CT molecular complexity index is 474. The first kappa shape index (κ1) is 9.85. The van der Waals surface area contributed by atoms with Gasteiger partial charge < -0.3 is 0 Å². The lowest BCUT2D eigenvalue weighted by Gasteiger charge is -1.98. The van der Waals surface area contributed by atoms with Gasteiger partial charge in [0, 0.05) is 24.8 Å². The van der Waals surface area contributed by atoms with E-state index in [0.717, 1.165) is 0 Å². The number of nitrogens with zero attached hydrogens (tertiary/aromatic N) is 3. The summed E-state index contributed by atoms with van der Waals surface area (Å²) in [4.78, 5) is 15.7. The molecule has 2 aromatic heterocycles. The molecule has 0 spiro atoms. The molecule has 0 atom stereocenters. The molecular weight excluding hydrogens is 212 g/mol. The number of carbonyl (C=O) groups excluding carboxylic acids is 1. The van der Waals surface area contributed by atoms with Crippen molar-refractivity contribution in [2.45, 2.75) is 6.92 Å². The SMILES string of the molecule is Cc1nn(C)cc1C(=O)Nc1nccs1. The second-order valence-corrected chi connectivity index (χ2v) is 3.99. The van der Waals surface area contributed by atoms with Gasteiger partial charge in [-0.1, -0.05) is 0 Å². The molecule has 0 aliphatic carbocycles. The molecule has 0 aromatic carbocycles. The van der Waals surface area contributed by atoms with Gasteiger partial charge in [-0.15, -0.1) is 11.3 Å². The van der Waals surface area contributed by atoms with Gasteiger partial charge in [0.25, 0.3) is 5.91 Å². The second kappa shape index (κ2) is 3.82. The van der Waals surface area contributed by atoms with Gasteiger partial charge in [0.1, 0.15) is 0 Å². The van der Waals surface area contributed by atoms with Crippen LogP contribution in [0.3, 0.4) is 0 Å². The third-order valence-electron chi connectivity index (χ3n) is 1.91. The number of aryl methyl sites for hydroxylation is 2. The van der Waals surface area contributed by atoms with Gasteiger partial charge in [-0.05, 0) is 6.92 Å². The summed E-state index contributed by atoms with van der Waals surface area (Å²) in [5, 5.41) is 9.22. The summed E-state index contributed by atoms with van der Waals surface area (Å²) in [5.41, 5.74) is 1.29. The molecule has 0 unspecified atom stereocenters. The zero-order chi connectivity index (χ0) is 10.8. The van der Waals surface area contributed by atoms with E-state index in [1.165, 1.54) is 11.3 Å². The number of amides is 1. The van der Waals surface area contributed by atoms with Crippen molar-refractivity contribution < 1.29 is 4.79 Å². The Morgan fingerprint density at radius 1 is 1.60 bits per heavy atom. The largest absolute Gasteiger partial charge is 0.298 e. The monoisotopic (exact) mass is 222 g/mol. The lowest BCUT2D eigenvalue weighted by molar-refractivity contribution is 0.102. The minimum atomic E-state index is -0.171. The Morgan fingerprint density at radius 2 is 2.40 bits per heavy atom. The topological polar surface area (TPSA) is 59.8 Å². The van der Waals surface area contributed by atoms with Crippen molar-refractivity contribution in [3.8, 4) is 0 Å². The highest BCUT2D eigenvalue weighted by Crippen LogP contribution is 2.13. The average molecular weight is 222 g/mol. The summed E-state index contributed by atoms with van der Waals surface area (Å²) in [7, 11) is 1.78. The molecular formula is C9H10N4OS. The van der Waals surface area contributed by atoms with E-state index < -0.39 is 0 Å². The molecule has 78 valence electrons. The molecule has 0 saturated carbocycles. The van der Waals surface area contributed by atoms with Gasteiger partial charge in [0.05, 0.1) is 11.3 Å². The van der Waals surface area contributed by atoms with Gasteiger partial charge in [-0.25, -0.2) is 4.98 Å². The highest BCUT2D eigenvalue weighted by Gasteiger charge is 2.13. The summed E-state index contributed by atoms with van der Waals surface area (Å²) in [6.45, 7) is 1.80. The van der Waals surface area contributed by atoms with Gasteiger partial charge in [0.2, 0.25) is 0 Å². The van der Waals surface area contributed by atoms with Crippen LogP contribution in [0.15, 0.2) is 17.8 Å². The summed E-state index contributed by atoms with van der Waals surface area (Å²) < 4.78 is 1.62. The molecule has 2 rings (SSSR count). The minimum absolute atomic E-state index is 0.171. The minimum Gasteiger partial charge on any atom is -0.298 e. The Labute approximate surface area is 90.8 Å². The van der Waals surface area contributed by atoms with Crippen LogP contribution in [0.4, 0.5) is 5.13 Å². The standard InChI is InChI=1S/C9H10N4OS/c1-6-7(5-13(2)12-6)8(14)11-9-10-3-4-15-9/h3-5H,1-2H3,(H,10,11,14). The highest BCUT2D eigenvalue weighted by atomic mass is 32.1. The van der Waals surface area contributed by atoms with Crippen LogP contribution in [0, 0.1) is 6.92 Å². The number of anilines is 1. The van der Waals surface area contributed by atoms with Crippen LogP contribution in [-0.2, 0) is 7.05 Å². The molecule has 15 heavy (non-hydrogen) atoms. The normalized spacial score (nSPS) is 10.3. The van der Waals surface area contributed by atoms with Crippen LogP contribution in [0.5, 0.6) is 0 Å². The lowest BCUT2D eigenvalue weighted by atomic mass is 10.2. The number of thiazole rings is 1. The van der Waals surface area contributed by atoms with Crippen molar-refractivity contribution in [3.05, 3.63) is 29.0 Å². The maximum atomic E-state index is 11.7. The summed E-state index contributed by atoms with van der Waals surface area (Å²) in [6, 6.07) is 0. The van der Waals surface area contributed by atoms with E-state index in [2.05, 4.69) is 15.4 Å². The van der Waals surface area contributed by atoms with Crippen molar-refractivity contribution in [2.75, 3.05) is 5.32 Å². The van der Waals surface area contributed by atoms with Gasteiger partial charge in [-0.2, -0.15) is 5.10 Å². The molecule has 0 bridgehead atoms. The molecule has 0 radical (unpaired) electrons. The zero-order valence-electron chi connectivity index (χ0n) is 8.39. The van der Waals surface area contributed by atoms with E-state index in [0.29, 0.717) is 16.4 Å². The molecule has 2 heterocycles. The van der Waals surface area contributed by atoms with Crippen molar-refractivity contribution in [2.24, 2.45) is 7.05 Å². The first-order valence-corrected chi connectivity index (χ1v) is 5.26. The third-order valence-corrected chi connectivity index (χ3v) is 2.60. The van der Waals surface area contributed by atoms with E-state index in [4.69, 9.17) is 0 Å². The fourth-order valence-electron chi connectivity index (χ4n) is 1.27. The average Bonchev–Trinajstić information content (AvgIpc) is 2.75. The van der Waals surface area contributed by atoms with E-state index in [1.807, 2.05) is 5.38 Å². The van der Waals surface area contributed by atoms with Crippen LogP contribution in [0.25, 0.3) is 0 Å². The van der Waals surface area contributed by atoms with Crippen molar-refractivity contribution in [1.29, 1.82) is 0 Å².